The summed E-state index contributed by atoms with van der Waals surface area (Å²) in [4.78, 5) is 26.5. The highest BCUT2D eigenvalue weighted by atomic mass is 16.7. The van der Waals surface area contributed by atoms with Gasteiger partial charge in [-0.05, 0) is 37.3 Å². The lowest BCUT2D eigenvalue weighted by Gasteiger charge is -2.58. The molecule has 3 heterocycles. The van der Waals surface area contributed by atoms with E-state index >= 15 is 0 Å². The Hall–Kier alpha value is -2.54. The van der Waals surface area contributed by atoms with E-state index in [1.807, 2.05) is 19.9 Å². The Kier molecular flexibility index (Phi) is 7.04. The van der Waals surface area contributed by atoms with Crippen molar-refractivity contribution in [3.05, 3.63) is 47.5 Å². The molecule has 0 amide bonds. The molecular weight excluding hydrogens is 500 g/mol. The normalized spacial score (nSPS) is 42.8. The van der Waals surface area contributed by atoms with E-state index in [1.165, 1.54) is 13.4 Å². The Morgan fingerprint density at radius 3 is 2.61 bits per heavy atom. The van der Waals surface area contributed by atoms with Crippen molar-refractivity contribution in [2.75, 3.05) is 13.7 Å². The van der Waals surface area contributed by atoms with Crippen LogP contribution in [0, 0.1) is 16.7 Å². The minimum atomic E-state index is -1.65. The van der Waals surface area contributed by atoms with Gasteiger partial charge >= 0.3 is 11.9 Å². The number of methoxy groups -OCH3 is 1. The molecule has 0 spiro atoms. The first-order valence-corrected chi connectivity index (χ1v) is 12.8. The average molecular weight is 535 g/mol. The van der Waals surface area contributed by atoms with Crippen molar-refractivity contribution >= 4 is 11.9 Å². The predicted molar refractivity (Wildman–Crippen MR) is 128 cm³/mol. The van der Waals surface area contributed by atoms with Gasteiger partial charge in [-0.25, -0.2) is 9.59 Å². The Balaban J connectivity index is 1.59. The molecule has 0 radical (unpaired) electrons. The van der Waals surface area contributed by atoms with Gasteiger partial charge in [0.2, 0.25) is 0 Å². The molecule has 11 heteroatoms. The largest absolute Gasteiger partial charge is 0.472 e. The van der Waals surface area contributed by atoms with Gasteiger partial charge in [-0.2, -0.15) is 0 Å². The number of allylic oxidation sites excluding steroid dienone is 1. The molecule has 10 unspecified atom stereocenters. The average Bonchev–Trinajstić information content (AvgIpc) is 3.44. The fraction of sp³-hybridized carbons (Fsp3) is 0.630. The molecule has 2 saturated heterocycles. The third-order valence-corrected chi connectivity index (χ3v) is 8.93. The second kappa shape index (κ2) is 9.89. The molecule has 2 aliphatic heterocycles. The van der Waals surface area contributed by atoms with Crippen molar-refractivity contribution in [1.82, 2.24) is 0 Å². The molecule has 11 nitrogen and oxygen atoms in total. The maximum absolute atomic E-state index is 13.4. The molecule has 5 rings (SSSR count). The lowest BCUT2D eigenvalue weighted by molar-refractivity contribution is -0.317. The van der Waals surface area contributed by atoms with Crippen molar-refractivity contribution < 1.29 is 53.4 Å². The van der Waals surface area contributed by atoms with Gasteiger partial charge in [0.15, 0.2) is 6.29 Å². The maximum atomic E-state index is 13.4. The summed E-state index contributed by atoms with van der Waals surface area (Å²) in [5.41, 5.74) is -0.239. The molecular formula is C27H34O11. The van der Waals surface area contributed by atoms with Crippen LogP contribution in [0.15, 0.2) is 46.3 Å². The fourth-order valence-corrected chi connectivity index (χ4v) is 6.87. The summed E-state index contributed by atoms with van der Waals surface area (Å²) in [6, 6.07) is 1.75. The molecule has 1 aromatic heterocycles. The summed E-state index contributed by atoms with van der Waals surface area (Å²) < 4.78 is 28.0. The van der Waals surface area contributed by atoms with Crippen LogP contribution in [-0.4, -0.2) is 82.9 Å². The molecule has 1 aromatic rings. The van der Waals surface area contributed by atoms with Crippen LogP contribution >= 0.6 is 0 Å². The molecule has 38 heavy (non-hydrogen) atoms. The number of ether oxygens (including phenoxy) is 4. The van der Waals surface area contributed by atoms with Gasteiger partial charge in [0.05, 0.1) is 32.3 Å². The third kappa shape index (κ3) is 4.04. The molecule has 208 valence electrons. The van der Waals surface area contributed by atoms with E-state index in [0.29, 0.717) is 30.4 Å². The monoisotopic (exact) mass is 534 g/mol. The smallest absolute Gasteiger partial charge is 0.334 e. The second-order valence-corrected chi connectivity index (χ2v) is 10.9. The number of cyclic esters (lactones) is 1. The zero-order valence-corrected chi connectivity index (χ0v) is 21.5. The number of rotatable bonds is 5. The lowest BCUT2D eigenvalue weighted by atomic mass is 9.48. The van der Waals surface area contributed by atoms with Gasteiger partial charge in [0.25, 0.3) is 0 Å². The zero-order valence-electron chi connectivity index (χ0n) is 21.5. The minimum absolute atomic E-state index is 0.286. The molecule has 2 aliphatic carbocycles. The summed E-state index contributed by atoms with van der Waals surface area (Å²) in [7, 11) is 1.29. The van der Waals surface area contributed by atoms with E-state index < -0.39 is 72.3 Å². The molecule has 4 aliphatic rings. The first kappa shape index (κ1) is 27.0. The molecule has 2 fully saturated rings. The van der Waals surface area contributed by atoms with Crippen LogP contribution in [0.3, 0.4) is 0 Å². The predicted octanol–water partition coefficient (Wildman–Crippen LogP) is 0.915. The van der Waals surface area contributed by atoms with E-state index in [4.69, 9.17) is 23.4 Å². The quantitative estimate of drug-likeness (QED) is 0.397. The second-order valence-electron chi connectivity index (χ2n) is 10.9. The van der Waals surface area contributed by atoms with E-state index in [1.54, 1.807) is 18.4 Å². The number of hydrogen-bond acceptors (Lipinski definition) is 11. The Labute approximate surface area is 219 Å². The van der Waals surface area contributed by atoms with E-state index in [0.717, 1.165) is 5.56 Å². The van der Waals surface area contributed by atoms with Crippen LogP contribution in [0.2, 0.25) is 0 Å². The number of hydrogen-bond donors (Lipinski definition) is 4. The molecule has 0 bridgehead atoms. The van der Waals surface area contributed by atoms with Crippen molar-refractivity contribution in [3.8, 4) is 0 Å². The van der Waals surface area contributed by atoms with E-state index in [-0.39, 0.29) is 5.92 Å². The van der Waals surface area contributed by atoms with Crippen LogP contribution in [-0.2, 0) is 28.5 Å². The van der Waals surface area contributed by atoms with Gasteiger partial charge < -0.3 is 43.8 Å². The van der Waals surface area contributed by atoms with Crippen molar-refractivity contribution in [3.63, 3.8) is 0 Å². The fourth-order valence-electron chi connectivity index (χ4n) is 6.87. The van der Waals surface area contributed by atoms with Crippen molar-refractivity contribution in [2.24, 2.45) is 16.7 Å². The Morgan fingerprint density at radius 2 is 1.95 bits per heavy atom. The van der Waals surface area contributed by atoms with Crippen molar-refractivity contribution in [2.45, 2.75) is 76.0 Å². The summed E-state index contributed by atoms with van der Waals surface area (Å²) in [6.45, 7) is 3.22. The molecule has 10 atom stereocenters. The van der Waals surface area contributed by atoms with E-state index in [9.17, 15) is 30.0 Å². The van der Waals surface area contributed by atoms with Crippen molar-refractivity contribution in [1.29, 1.82) is 0 Å². The van der Waals surface area contributed by atoms with Gasteiger partial charge in [-0.1, -0.05) is 19.9 Å². The zero-order chi connectivity index (χ0) is 27.4. The van der Waals surface area contributed by atoms with Crippen LogP contribution < -0.4 is 0 Å². The summed E-state index contributed by atoms with van der Waals surface area (Å²) in [6.07, 6.45) is -0.890. The number of fused-ring (bicyclic) bond motifs is 3. The molecule has 4 N–H and O–H groups in total. The lowest BCUT2D eigenvalue weighted by Crippen LogP contribution is -2.62. The highest BCUT2D eigenvalue weighted by Crippen LogP contribution is 2.63. The minimum Gasteiger partial charge on any atom is -0.472 e. The third-order valence-electron chi connectivity index (χ3n) is 8.93. The topological polar surface area (TPSA) is 165 Å². The number of carbonyl (C=O) groups excluding carboxylic acids is 2. The summed E-state index contributed by atoms with van der Waals surface area (Å²) in [5, 5.41) is 40.8. The van der Waals surface area contributed by atoms with Gasteiger partial charge in [-0.15, -0.1) is 0 Å². The first-order chi connectivity index (χ1) is 18.1. The standard InChI is InChI=1S/C27H34O11/c1-26-10-16(13-7-8-35-12-13)36-24(33)15(26)9-19(27(2)14(23(32)34-3)5-4-6-18(26)27)38-25-22(31)21(30)20(29)17(11-28)37-25/h5,7-9,12,16-22,25,28-31H,4,6,10-11H2,1-3H3. The SMILES string of the molecule is COC(=O)C1=CCCC2C3(C)CC(c4ccoc4)OC(=O)C3=CC(OC3OC(CO)C(O)C(O)C3O)C12C. The van der Waals surface area contributed by atoms with Gasteiger partial charge in [0, 0.05) is 27.5 Å². The number of carbonyl (C=O) groups is 2. The molecule has 0 saturated carbocycles. The van der Waals surface area contributed by atoms with Crippen LogP contribution in [0.5, 0.6) is 0 Å². The Bertz CT molecular complexity index is 1120. The summed E-state index contributed by atoms with van der Waals surface area (Å²) >= 11 is 0. The van der Waals surface area contributed by atoms with E-state index in [2.05, 4.69) is 0 Å². The number of esters is 2. The molecule has 0 aromatic carbocycles. The maximum Gasteiger partial charge on any atom is 0.334 e. The first-order valence-electron chi connectivity index (χ1n) is 12.8. The van der Waals surface area contributed by atoms with Crippen LogP contribution in [0.1, 0.15) is 44.8 Å². The number of aliphatic hydroxyl groups is 4. The number of aliphatic hydroxyl groups excluding tert-OH is 4. The van der Waals surface area contributed by atoms with Crippen LogP contribution in [0.4, 0.5) is 0 Å². The number of furan rings is 1. The highest BCUT2D eigenvalue weighted by molar-refractivity contribution is 5.94. The Morgan fingerprint density at radius 1 is 1.18 bits per heavy atom. The van der Waals surface area contributed by atoms with Crippen LogP contribution in [0.25, 0.3) is 0 Å². The highest BCUT2D eigenvalue weighted by Gasteiger charge is 2.63. The van der Waals surface area contributed by atoms with Gasteiger partial charge in [-0.3, -0.25) is 0 Å². The van der Waals surface area contributed by atoms with Gasteiger partial charge in [0.1, 0.15) is 30.5 Å². The summed E-state index contributed by atoms with van der Waals surface area (Å²) in [5.74, 6) is -1.35.